The van der Waals surface area contributed by atoms with Crippen molar-refractivity contribution in [3.63, 3.8) is 0 Å². The van der Waals surface area contributed by atoms with Gasteiger partial charge in [0.25, 0.3) is 0 Å². The van der Waals surface area contributed by atoms with Crippen molar-refractivity contribution in [2.24, 2.45) is 5.41 Å². The molecule has 17 heavy (non-hydrogen) atoms. The number of methoxy groups -OCH3 is 1. The minimum Gasteiger partial charge on any atom is -0.384 e. The van der Waals surface area contributed by atoms with Gasteiger partial charge in [0.15, 0.2) is 5.13 Å². The number of thiazole rings is 1. The quantitative estimate of drug-likeness (QED) is 0.893. The molecule has 0 bridgehead atoms. The molecule has 2 heterocycles. The fourth-order valence-electron chi connectivity index (χ4n) is 2.36. The van der Waals surface area contributed by atoms with Crippen LogP contribution < -0.4 is 5.73 Å². The van der Waals surface area contributed by atoms with Crippen LogP contribution in [0.2, 0.25) is 0 Å². The van der Waals surface area contributed by atoms with E-state index in [-0.39, 0.29) is 0 Å². The summed E-state index contributed by atoms with van der Waals surface area (Å²) in [4.78, 5) is 7.83. The number of ether oxygens (including phenoxy) is 1. The molecule has 0 saturated carbocycles. The van der Waals surface area contributed by atoms with E-state index in [4.69, 9.17) is 10.5 Å². The van der Waals surface area contributed by atoms with Crippen LogP contribution in [0.15, 0.2) is 6.20 Å². The summed E-state index contributed by atoms with van der Waals surface area (Å²) in [6.07, 6.45) is 4.30. The van der Waals surface area contributed by atoms with Gasteiger partial charge in [0.1, 0.15) is 0 Å². The second-order valence-corrected chi connectivity index (χ2v) is 6.33. The van der Waals surface area contributed by atoms with Crippen LogP contribution in [0.1, 0.15) is 24.6 Å². The van der Waals surface area contributed by atoms with Gasteiger partial charge in [-0.1, -0.05) is 6.92 Å². The Morgan fingerprint density at radius 3 is 2.76 bits per heavy atom. The average Bonchev–Trinajstić information content (AvgIpc) is 2.68. The van der Waals surface area contributed by atoms with Crippen molar-refractivity contribution in [2.75, 3.05) is 32.5 Å². The van der Waals surface area contributed by atoms with E-state index < -0.39 is 0 Å². The Balaban J connectivity index is 1.83. The predicted octanol–water partition coefficient (Wildman–Crippen LogP) is 1.97. The summed E-state index contributed by atoms with van der Waals surface area (Å²) in [5, 5.41) is 0.668. The summed E-state index contributed by atoms with van der Waals surface area (Å²) in [6, 6.07) is 0. The standard InChI is InChI=1S/C12H21N3OS/c1-12(9-16-2)3-5-15(6-4-12)8-10-7-14-11(13)17-10/h7H,3-6,8-9H2,1-2H3,(H2,13,14). The monoisotopic (exact) mass is 255 g/mol. The molecule has 5 heteroatoms. The smallest absolute Gasteiger partial charge is 0.180 e. The van der Waals surface area contributed by atoms with E-state index in [2.05, 4.69) is 16.8 Å². The maximum absolute atomic E-state index is 5.64. The molecule has 0 aliphatic carbocycles. The number of nitrogen functional groups attached to an aromatic ring is 1. The van der Waals surface area contributed by atoms with Crippen LogP contribution in [-0.4, -0.2) is 36.7 Å². The fourth-order valence-corrected chi connectivity index (χ4v) is 3.09. The highest BCUT2D eigenvalue weighted by atomic mass is 32.1. The van der Waals surface area contributed by atoms with Gasteiger partial charge in [0.2, 0.25) is 0 Å². The van der Waals surface area contributed by atoms with E-state index in [0.717, 1.165) is 26.2 Å². The Bertz CT molecular complexity index is 358. The maximum atomic E-state index is 5.64. The van der Waals surface area contributed by atoms with Crippen LogP contribution in [0.25, 0.3) is 0 Å². The lowest BCUT2D eigenvalue weighted by molar-refractivity contribution is 0.0325. The van der Waals surface area contributed by atoms with Crippen molar-refractivity contribution in [1.29, 1.82) is 0 Å². The van der Waals surface area contributed by atoms with Gasteiger partial charge in [0.05, 0.1) is 6.61 Å². The molecule has 2 N–H and O–H groups in total. The predicted molar refractivity (Wildman–Crippen MR) is 71.0 cm³/mol. The van der Waals surface area contributed by atoms with E-state index in [9.17, 15) is 0 Å². The van der Waals surface area contributed by atoms with Gasteiger partial charge in [-0.2, -0.15) is 0 Å². The zero-order valence-corrected chi connectivity index (χ0v) is 11.4. The second kappa shape index (κ2) is 5.33. The molecule has 0 amide bonds. The van der Waals surface area contributed by atoms with Crippen molar-refractivity contribution in [3.05, 3.63) is 11.1 Å². The van der Waals surface area contributed by atoms with E-state index in [1.807, 2.05) is 6.20 Å². The minimum atomic E-state index is 0.359. The van der Waals surface area contributed by atoms with Gasteiger partial charge in [-0.15, -0.1) is 11.3 Å². The molecule has 1 fully saturated rings. The maximum Gasteiger partial charge on any atom is 0.180 e. The van der Waals surface area contributed by atoms with Gasteiger partial charge >= 0.3 is 0 Å². The number of likely N-dealkylation sites (tertiary alicyclic amines) is 1. The molecular formula is C12H21N3OS. The first-order chi connectivity index (χ1) is 8.11. The molecule has 0 aromatic carbocycles. The van der Waals surface area contributed by atoms with Crippen molar-refractivity contribution in [1.82, 2.24) is 9.88 Å². The summed E-state index contributed by atoms with van der Waals surface area (Å²) >= 11 is 1.59. The van der Waals surface area contributed by atoms with Gasteiger partial charge in [-0.25, -0.2) is 4.98 Å². The highest BCUT2D eigenvalue weighted by Gasteiger charge is 2.30. The third-order valence-corrected chi connectivity index (χ3v) is 4.32. The number of nitrogens with zero attached hydrogens (tertiary/aromatic N) is 2. The number of nitrogens with two attached hydrogens (primary N) is 1. The summed E-state index contributed by atoms with van der Waals surface area (Å²) < 4.78 is 5.30. The lowest BCUT2D eigenvalue weighted by Gasteiger charge is -2.38. The first-order valence-corrected chi connectivity index (χ1v) is 6.84. The van der Waals surface area contributed by atoms with E-state index >= 15 is 0 Å². The molecular weight excluding hydrogens is 234 g/mol. The molecule has 4 nitrogen and oxygen atoms in total. The summed E-state index contributed by atoms with van der Waals surface area (Å²) in [5.74, 6) is 0. The molecule has 0 radical (unpaired) electrons. The number of hydrogen-bond acceptors (Lipinski definition) is 5. The van der Waals surface area contributed by atoms with Crippen LogP contribution >= 0.6 is 11.3 Å². The van der Waals surface area contributed by atoms with Crippen LogP contribution in [0.5, 0.6) is 0 Å². The second-order valence-electron chi connectivity index (χ2n) is 5.18. The Hall–Kier alpha value is -0.650. The molecule has 2 rings (SSSR count). The SMILES string of the molecule is COCC1(C)CCN(Cc2cnc(N)s2)CC1. The molecule has 1 aliphatic heterocycles. The van der Waals surface area contributed by atoms with Gasteiger partial charge in [-0.3, -0.25) is 4.90 Å². The number of rotatable bonds is 4. The molecule has 1 saturated heterocycles. The van der Waals surface area contributed by atoms with E-state index in [1.54, 1.807) is 18.4 Å². The Kier molecular flexibility index (Phi) is 4.01. The Morgan fingerprint density at radius 1 is 1.53 bits per heavy atom. The van der Waals surface area contributed by atoms with Gasteiger partial charge < -0.3 is 10.5 Å². The summed E-state index contributed by atoms with van der Waals surface area (Å²) in [5.41, 5.74) is 6.00. The largest absolute Gasteiger partial charge is 0.384 e. The average molecular weight is 255 g/mol. The Morgan fingerprint density at radius 2 is 2.24 bits per heavy atom. The summed E-state index contributed by atoms with van der Waals surface area (Å²) in [6.45, 7) is 6.44. The van der Waals surface area contributed by atoms with Gasteiger partial charge in [0, 0.05) is 24.7 Å². The van der Waals surface area contributed by atoms with Crippen LogP contribution in [-0.2, 0) is 11.3 Å². The van der Waals surface area contributed by atoms with Gasteiger partial charge in [-0.05, 0) is 31.3 Å². The highest BCUT2D eigenvalue weighted by Crippen LogP contribution is 2.32. The molecule has 1 aromatic rings. The lowest BCUT2D eigenvalue weighted by atomic mass is 9.81. The number of anilines is 1. The first kappa shape index (κ1) is 12.8. The third kappa shape index (κ3) is 3.40. The molecule has 1 aliphatic rings. The Labute approximate surface area is 107 Å². The zero-order chi connectivity index (χ0) is 12.3. The number of hydrogen-bond donors (Lipinski definition) is 1. The number of piperidine rings is 1. The third-order valence-electron chi connectivity index (χ3n) is 3.51. The molecule has 0 atom stereocenters. The number of aromatic nitrogens is 1. The highest BCUT2D eigenvalue weighted by molar-refractivity contribution is 7.15. The van der Waals surface area contributed by atoms with Crippen LogP contribution in [0.4, 0.5) is 5.13 Å². The topological polar surface area (TPSA) is 51.4 Å². The lowest BCUT2D eigenvalue weighted by Crippen LogP contribution is -2.40. The van der Waals surface area contributed by atoms with Crippen LogP contribution in [0.3, 0.4) is 0 Å². The molecule has 96 valence electrons. The zero-order valence-electron chi connectivity index (χ0n) is 10.6. The van der Waals surface area contributed by atoms with E-state index in [0.29, 0.717) is 10.5 Å². The molecule has 0 spiro atoms. The van der Waals surface area contributed by atoms with Crippen molar-refractivity contribution >= 4 is 16.5 Å². The van der Waals surface area contributed by atoms with Crippen molar-refractivity contribution in [3.8, 4) is 0 Å². The minimum absolute atomic E-state index is 0.359. The first-order valence-electron chi connectivity index (χ1n) is 6.03. The summed E-state index contributed by atoms with van der Waals surface area (Å²) in [7, 11) is 1.79. The normalized spacial score (nSPS) is 20.6. The molecule has 0 unspecified atom stereocenters. The fraction of sp³-hybridized carbons (Fsp3) is 0.750. The van der Waals surface area contributed by atoms with Crippen molar-refractivity contribution < 1.29 is 4.74 Å². The van der Waals surface area contributed by atoms with Crippen LogP contribution in [0, 0.1) is 5.41 Å². The van der Waals surface area contributed by atoms with E-state index in [1.165, 1.54) is 17.7 Å². The van der Waals surface area contributed by atoms with Crippen molar-refractivity contribution in [2.45, 2.75) is 26.3 Å². The molecule has 1 aromatic heterocycles.